The largest absolute Gasteiger partial charge is 0.277 e. The van der Waals surface area contributed by atoms with Crippen molar-refractivity contribution >= 4 is 22.1 Å². The summed E-state index contributed by atoms with van der Waals surface area (Å²) in [7, 11) is 0. The Balaban J connectivity index is 2.33. The SMILES string of the molecule is Cc1ccc(-c2csc(=O)c3ccccc23)cc1. The molecule has 18 heavy (non-hydrogen) atoms. The van der Waals surface area contributed by atoms with Gasteiger partial charge in [0.2, 0.25) is 4.74 Å². The molecule has 0 bridgehead atoms. The number of aryl methyl sites for hydroxylation is 1. The van der Waals surface area contributed by atoms with Gasteiger partial charge in [0.1, 0.15) is 0 Å². The molecule has 0 aliphatic carbocycles. The molecular weight excluding hydrogens is 240 g/mol. The number of hydrogen-bond donors (Lipinski definition) is 0. The number of benzene rings is 2. The maximum absolute atomic E-state index is 11.8. The molecule has 0 fully saturated rings. The standard InChI is InChI=1S/C16H12OS/c1-11-6-8-12(9-7-11)15-10-18-16(17)14-5-3-2-4-13(14)15/h2-10H,1H3. The Morgan fingerprint density at radius 2 is 1.56 bits per heavy atom. The summed E-state index contributed by atoms with van der Waals surface area (Å²) in [5.41, 5.74) is 3.54. The molecule has 0 saturated carbocycles. The van der Waals surface area contributed by atoms with Crippen LogP contribution in [0.25, 0.3) is 21.9 Å². The van der Waals surface area contributed by atoms with Crippen LogP contribution < -0.4 is 4.74 Å². The first-order valence-electron chi connectivity index (χ1n) is 5.83. The minimum atomic E-state index is 0.126. The van der Waals surface area contributed by atoms with E-state index in [1.807, 2.05) is 29.6 Å². The summed E-state index contributed by atoms with van der Waals surface area (Å²) < 4.78 is 0.126. The van der Waals surface area contributed by atoms with Gasteiger partial charge in [0, 0.05) is 10.8 Å². The van der Waals surface area contributed by atoms with Crippen molar-refractivity contribution in [1.82, 2.24) is 0 Å². The van der Waals surface area contributed by atoms with Gasteiger partial charge in [-0.2, -0.15) is 0 Å². The highest BCUT2D eigenvalue weighted by atomic mass is 32.1. The molecule has 0 N–H and O–H groups in total. The van der Waals surface area contributed by atoms with Gasteiger partial charge in [-0.1, -0.05) is 48.0 Å². The maximum Gasteiger partial charge on any atom is 0.240 e. The summed E-state index contributed by atoms with van der Waals surface area (Å²) in [5, 5.41) is 3.79. The Kier molecular flexibility index (Phi) is 2.73. The van der Waals surface area contributed by atoms with Crippen LogP contribution in [0.3, 0.4) is 0 Å². The van der Waals surface area contributed by atoms with E-state index in [9.17, 15) is 4.79 Å². The highest BCUT2D eigenvalue weighted by Crippen LogP contribution is 2.28. The van der Waals surface area contributed by atoms with E-state index in [0.717, 1.165) is 21.9 Å². The quantitative estimate of drug-likeness (QED) is 0.633. The van der Waals surface area contributed by atoms with E-state index in [2.05, 4.69) is 31.2 Å². The molecule has 0 unspecified atom stereocenters. The van der Waals surface area contributed by atoms with Crippen LogP contribution in [-0.2, 0) is 0 Å². The minimum absolute atomic E-state index is 0.126. The molecule has 1 aromatic heterocycles. The van der Waals surface area contributed by atoms with Crippen LogP contribution in [0.2, 0.25) is 0 Å². The van der Waals surface area contributed by atoms with Gasteiger partial charge >= 0.3 is 0 Å². The van der Waals surface area contributed by atoms with Crippen LogP contribution >= 0.6 is 11.3 Å². The monoisotopic (exact) mass is 252 g/mol. The Bertz CT molecular complexity index is 754. The molecule has 1 nitrogen and oxygen atoms in total. The van der Waals surface area contributed by atoms with Crippen molar-refractivity contribution in [2.75, 3.05) is 0 Å². The molecule has 0 aliphatic rings. The van der Waals surface area contributed by atoms with E-state index < -0.39 is 0 Å². The molecule has 3 aromatic rings. The van der Waals surface area contributed by atoms with Crippen molar-refractivity contribution in [2.45, 2.75) is 6.92 Å². The Morgan fingerprint density at radius 1 is 0.889 bits per heavy atom. The number of hydrogen-bond acceptors (Lipinski definition) is 2. The van der Waals surface area contributed by atoms with Crippen LogP contribution in [0, 0.1) is 6.92 Å². The lowest BCUT2D eigenvalue weighted by Crippen LogP contribution is -1.95. The van der Waals surface area contributed by atoms with E-state index in [1.54, 1.807) is 0 Å². The highest BCUT2D eigenvalue weighted by molar-refractivity contribution is 7.08. The first-order valence-corrected chi connectivity index (χ1v) is 6.71. The Labute approximate surface area is 109 Å². The van der Waals surface area contributed by atoms with E-state index >= 15 is 0 Å². The van der Waals surface area contributed by atoms with Crippen LogP contribution in [0.1, 0.15) is 5.56 Å². The highest BCUT2D eigenvalue weighted by Gasteiger charge is 2.06. The third-order valence-electron chi connectivity index (χ3n) is 3.08. The van der Waals surface area contributed by atoms with E-state index in [1.165, 1.54) is 16.9 Å². The third kappa shape index (κ3) is 1.85. The molecule has 88 valence electrons. The fourth-order valence-electron chi connectivity index (χ4n) is 2.09. The molecule has 3 rings (SSSR count). The zero-order valence-corrected chi connectivity index (χ0v) is 10.8. The average molecular weight is 252 g/mol. The molecule has 0 saturated heterocycles. The zero-order chi connectivity index (χ0) is 12.5. The van der Waals surface area contributed by atoms with E-state index in [0.29, 0.717) is 0 Å². The van der Waals surface area contributed by atoms with Crippen LogP contribution in [0.15, 0.2) is 58.7 Å². The predicted molar refractivity (Wildman–Crippen MR) is 78.3 cm³/mol. The van der Waals surface area contributed by atoms with Gasteiger partial charge in [-0.15, -0.1) is 11.3 Å². The molecule has 1 heterocycles. The van der Waals surface area contributed by atoms with Gasteiger partial charge in [0.15, 0.2) is 0 Å². The smallest absolute Gasteiger partial charge is 0.240 e. The van der Waals surface area contributed by atoms with Crippen molar-refractivity contribution in [1.29, 1.82) is 0 Å². The molecule has 0 aliphatic heterocycles. The zero-order valence-electron chi connectivity index (χ0n) is 10.0. The van der Waals surface area contributed by atoms with Crippen LogP contribution in [-0.4, -0.2) is 0 Å². The minimum Gasteiger partial charge on any atom is -0.277 e. The van der Waals surface area contributed by atoms with Crippen molar-refractivity contribution < 1.29 is 0 Å². The fourth-order valence-corrected chi connectivity index (χ4v) is 2.88. The molecule has 0 atom stereocenters. The van der Waals surface area contributed by atoms with E-state index in [4.69, 9.17) is 0 Å². The molecule has 0 spiro atoms. The van der Waals surface area contributed by atoms with Crippen molar-refractivity contribution in [3.63, 3.8) is 0 Å². The average Bonchev–Trinajstić information content (AvgIpc) is 2.41. The lowest BCUT2D eigenvalue weighted by Gasteiger charge is -2.05. The molecule has 2 aromatic carbocycles. The van der Waals surface area contributed by atoms with Gasteiger partial charge in [-0.05, 0) is 29.5 Å². The Morgan fingerprint density at radius 3 is 2.28 bits per heavy atom. The summed E-state index contributed by atoms with van der Waals surface area (Å²) >= 11 is 1.27. The lowest BCUT2D eigenvalue weighted by atomic mass is 10.0. The van der Waals surface area contributed by atoms with Gasteiger partial charge in [0.05, 0.1) is 0 Å². The van der Waals surface area contributed by atoms with Gasteiger partial charge in [-0.3, -0.25) is 4.79 Å². The summed E-state index contributed by atoms with van der Waals surface area (Å²) in [5.74, 6) is 0. The Hall–Kier alpha value is -1.93. The van der Waals surface area contributed by atoms with Crippen LogP contribution in [0.4, 0.5) is 0 Å². The van der Waals surface area contributed by atoms with Gasteiger partial charge in [-0.25, -0.2) is 0 Å². The second-order valence-corrected chi connectivity index (χ2v) is 5.19. The molecular formula is C16H12OS. The number of rotatable bonds is 1. The molecule has 0 amide bonds. The second kappa shape index (κ2) is 4.39. The summed E-state index contributed by atoms with van der Waals surface area (Å²) in [6.45, 7) is 2.07. The summed E-state index contributed by atoms with van der Waals surface area (Å²) in [6.07, 6.45) is 0. The van der Waals surface area contributed by atoms with Crippen molar-refractivity contribution in [3.8, 4) is 11.1 Å². The summed E-state index contributed by atoms with van der Waals surface area (Å²) in [4.78, 5) is 11.8. The maximum atomic E-state index is 11.8. The molecule has 2 heteroatoms. The van der Waals surface area contributed by atoms with Crippen molar-refractivity contribution in [2.24, 2.45) is 0 Å². The number of fused-ring (bicyclic) bond motifs is 1. The van der Waals surface area contributed by atoms with Crippen molar-refractivity contribution in [3.05, 3.63) is 69.0 Å². The van der Waals surface area contributed by atoms with Gasteiger partial charge < -0.3 is 0 Å². The summed E-state index contributed by atoms with van der Waals surface area (Å²) in [6, 6.07) is 16.2. The van der Waals surface area contributed by atoms with E-state index in [-0.39, 0.29) is 4.74 Å². The predicted octanol–water partition coefficient (Wildman–Crippen LogP) is 4.24. The van der Waals surface area contributed by atoms with Gasteiger partial charge in [0.25, 0.3) is 0 Å². The lowest BCUT2D eigenvalue weighted by molar-refractivity contribution is 1.47. The fraction of sp³-hybridized carbons (Fsp3) is 0.0625. The normalized spacial score (nSPS) is 10.7. The second-order valence-electron chi connectivity index (χ2n) is 4.35. The first-order chi connectivity index (χ1) is 8.75. The first kappa shape index (κ1) is 11.2. The third-order valence-corrected chi connectivity index (χ3v) is 3.87. The topological polar surface area (TPSA) is 17.1 Å². The molecule has 0 radical (unpaired) electrons. The van der Waals surface area contributed by atoms with Crippen LogP contribution in [0.5, 0.6) is 0 Å².